The Bertz CT molecular complexity index is 326. The number of nitrogens with one attached hydrogen (secondary N) is 2. The van der Waals surface area contributed by atoms with Crippen molar-refractivity contribution in [2.75, 3.05) is 12.3 Å². The molecule has 0 aliphatic carbocycles. The van der Waals surface area contributed by atoms with Crippen molar-refractivity contribution in [1.29, 1.82) is 0 Å². The van der Waals surface area contributed by atoms with Gasteiger partial charge in [0.05, 0.1) is 0 Å². The van der Waals surface area contributed by atoms with E-state index in [4.69, 9.17) is 0 Å². The molecule has 96 valence electrons. The number of hydrogen-bond acceptors (Lipinski definition) is 3. The molecule has 0 aromatic heterocycles. The van der Waals surface area contributed by atoms with Crippen LogP contribution >= 0.6 is 11.8 Å². The number of carbonyl (C=O) groups is 1. The third kappa shape index (κ3) is 2.76. The molecular weight excluding hydrogens is 234 g/mol. The molecule has 0 spiro atoms. The van der Waals surface area contributed by atoms with Gasteiger partial charge in [0.15, 0.2) is 5.17 Å². The number of piperidine rings is 1. The number of rotatable bonds is 3. The molecule has 2 aliphatic rings. The minimum atomic E-state index is -0.178. The highest BCUT2D eigenvalue weighted by Gasteiger charge is 2.34. The van der Waals surface area contributed by atoms with Crippen LogP contribution in [0.15, 0.2) is 4.99 Å². The molecule has 4 nitrogen and oxygen atoms in total. The molecule has 0 bridgehead atoms. The van der Waals surface area contributed by atoms with Gasteiger partial charge in [0.25, 0.3) is 0 Å². The lowest BCUT2D eigenvalue weighted by atomic mass is 9.96. The Labute approximate surface area is 107 Å². The Morgan fingerprint density at radius 3 is 2.82 bits per heavy atom. The van der Waals surface area contributed by atoms with Gasteiger partial charge >= 0.3 is 0 Å². The van der Waals surface area contributed by atoms with Gasteiger partial charge in [-0.15, -0.1) is 0 Å². The van der Waals surface area contributed by atoms with Crippen LogP contribution in [-0.2, 0) is 4.79 Å². The largest absolute Gasteiger partial charge is 0.359 e. The first kappa shape index (κ1) is 12.7. The summed E-state index contributed by atoms with van der Waals surface area (Å²) in [5, 5.41) is 7.33. The molecule has 1 atom stereocenters. The van der Waals surface area contributed by atoms with Crippen LogP contribution in [0.1, 0.15) is 39.5 Å². The van der Waals surface area contributed by atoms with Gasteiger partial charge in [-0.25, -0.2) is 4.99 Å². The summed E-state index contributed by atoms with van der Waals surface area (Å²) in [7, 11) is 0. The number of nitrogens with zero attached hydrogens (tertiary/aromatic N) is 1. The van der Waals surface area contributed by atoms with Crippen molar-refractivity contribution in [2.45, 2.75) is 51.1 Å². The summed E-state index contributed by atoms with van der Waals surface area (Å²) in [4.78, 5) is 16.2. The molecule has 0 aromatic rings. The SMILES string of the molecule is CCC1(CC)CSC(=NC2CCCNC2=O)N1. The first-order valence-electron chi connectivity index (χ1n) is 6.45. The third-order valence-electron chi connectivity index (χ3n) is 3.74. The van der Waals surface area contributed by atoms with Crippen LogP contribution in [0.3, 0.4) is 0 Å². The molecule has 1 amide bonds. The lowest BCUT2D eigenvalue weighted by molar-refractivity contribution is -0.123. The van der Waals surface area contributed by atoms with Crippen molar-refractivity contribution in [1.82, 2.24) is 10.6 Å². The molecule has 2 N–H and O–H groups in total. The molecule has 0 saturated carbocycles. The van der Waals surface area contributed by atoms with Crippen LogP contribution in [0.25, 0.3) is 0 Å². The Morgan fingerprint density at radius 1 is 1.47 bits per heavy atom. The quantitative estimate of drug-likeness (QED) is 0.804. The lowest BCUT2D eigenvalue weighted by Crippen LogP contribution is -2.44. The molecule has 2 heterocycles. The first-order valence-corrected chi connectivity index (χ1v) is 7.44. The summed E-state index contributed by atoms with van der Waals surface area (Å²) < 4.78 is 0. The van der Waals surface area contributed by atoms with E-state index in [9.17, 15) is 4.79 Å². The maximum absolute atomic E-state index is 11.6. The number of amidine groups is 1. The van der Waals surface area contributed by atoms with E-state index in [0.717, 1.165) is 43.1 Å². The Balaban J connectivity index is 2.01. The van der Waals surface area contributed by atoms with Crippen molar-refractivity contribution in [3.8, 4) is 0 Å². The molecule has 17 heavy (non-hydrogen) atoms. The second-order valence-corrected chi connectivity index (χ2v) is 5.75. The fraction of sp³-hybridized carbons (Fsp3) is 0.833. The van der Waals surface area contributed by atoms with E-state index in [1.54, 1.807) is 11.8 Å². The molecule has 1 unspecified atom stereocenters. The van der Waals surface area contributed by atoms with Crippen LogP contribution in [0, 0.1) is 0 Å². The van der Waals surface area contributed by atoms with Crippen LogP contribution in [0.4, 0.5) is 0 Å². The summed E-state index contributed by atoms with van der Waals surface area (Å²) in [5.74, 6) is 1.14. The predicted octanol–water partition coefficient (Wildman–Crippen LogP) is 1.52. The highest BCUT2D eigenvalue weighted by atomic mass is 32.2. The van der Waals surface area contributed by atoms with E-state index in [2.05, 4.69) is 29.5 Å². The lowest BCUT2D eigenvalue weighted by Gasteiger charge is -2.25. The van der Waals surface area contributed by atoms with E-state index in [1.165, 1.54) is 0 Å². The Morgan fingerprint density at radius 2 is 2.24 bits per heavy atom. The van der Waals surface area contributed by atoms with Crippen LogP contribution in [-0.4, -0.2) is 35.0 Å². The molecule has 0 radical (unpaired) electrons. The van der Waals surface area contributed by atoms with Crippen molar-refractivity contribution < 1.29 is 4.79 Å². The van der Waals surface area contributed by atoms with E-state index in [0.29, 0.717) is 0 Å². The topological polar surface area (TPSA) is 53.5 Å². The van der Waals surface area contributed by atoms with Crippen LogP contribution < -0.4 is 10.6 Å². The molecule has 2 rings (SSSR count). The molecule has 2 aliphatic heterocycles. The fourth-order valence-electron chi connectivity index (χ4n) is 2.23. The third-order valence-corrected chi connectivity index (χ3v) is 4.92. The number of thioether (sulfide) groups is 1. The van der Waals surface area contributed by atoms with Gasteiger partial charge in [-0.05, 0) is 25.7 Å². The van der Waals surface area contributed by atoms with Gasteiger partial charge in [0, 0.05) is 17.8 Å². The van der Waals surface area contributed by atoms with E-state index in [1.807, 2.05) is 0 Å². The Hall–Kier alpha value is -0.710. The zero-order valence-electron chi connectivity index (χ0n) is 10.6. The number of aliphatic imine (C=N–C) groups is 1. The average Bonchev–Trinajstić information content (AvgIpc) is 2.76. The van der Waals surface area contributed by atoms with E-state index >= 15 is 0 Å². The van der Waals surface area contributed by atoms with Crippen molar-refractivity contribution in [3.05, 3.63) is 0 Å². The number of hydrogen-bond donors (Lipinski definition) is 2. The van der Waals surface area contributed by atoms with Gasteiger partial charge in [-0.1, -0.05) is 25.6 Å². The summed E-state index contributed by atoms with van der Waals surface area (Å²) >= 11 is 1.75. The fourth-order valence-corrected chi connectivity index (χ4v) is 3.61. The molecule has 2 fully saturated rings. The maximum atomic E-state index is 11.6. The summed E-state index contributed by atoms with van der Waals surface area (Å²) in [6.45, 7) is 5.20. The van der Waals surface area contributed by atoms with Gasteiger partial charge in [-0.2, -0.15) is 0 Å². The van der Waals surface area contributed by atoms with Crippen molar-refractivity contribution >= 4 is 22.8 Å². The predicted molar refractivity (Wildman–Crippen MR) is 72.4 cm³/mol. The van der Waals surface area contributed by atoms with Crippen molar-refractivity contribution in [3.63, 3.8) is 0 Å². The zero-order chi connectivity index (χ0) is 12.3. The second-order valence-electron chi connectivity index (χ2n) is 4.78. The molecule has 0 aromatic carbocycles. The standard InChI is InChI=1S/C12H21N3OS/c1-3-12(4-2)8-17-11(15-12)14-9-6-5-7-13-10(9)16/h9H,3-8H2,1-2H3,(H,13,16)(H,14,15). The van der Waals surface area contributed by atoms with Crippen LogP contribution in [0.5, 0.6) is 0 Å². The summed E-state index contributed by atoms with van der Waals surface area (Å²) in [5.41, 5.74) is 0.189. The molecule has 2 saturated heterocycles. The monoisotopic (exact) mass is 255 g/mol. The highest BCUT2D eigenvalue weighted by Crippen LogP contribution is 2.29. The van der Waals surface area contributed by atoms with E-state index < -0.39 is 0 Å². The minimum absolute atomic E-state index is 0.0802. The number of amides is 1. The molecule has 5 heteroatoms. The van der Waals surface area contributed by atoms with E-state index in [-0.39, 0.29) is 17.5 Å². The second kappa shape index (κ2) is 5.29. The summed E-state index contributed by atoms with van der Waals surface area (Å²) in [6, 6.07) is -0.178. The number of carbonyl (C=O) groups excluding carboxylic acids is 1. The maximum Gasteiger partial charge on any atom is 0.244 e. The Kier molecular flexibility index (Phi) is 3.97. The zero-order valence-corrected chi connectivity index (χ0v) is 11.4. The van der Waals surface area contributed by atoms with Gasteiger partial charge < -0.3 is 10.6 Å². The van der Waals surface area contributed by atoms with Gasteiger partial charge in [0.1, 0.15) is 6.04 Å². The minimum Gasteiger partial charge on any atom is -0.359 e. The average molecular weight is 255 g/mol. The van der Waals surface area contributed by atoms with Crippen LogP contribution in [0.2, 0.25) is 0 Å². The highest BCUT2D eigenvalue weighted by molar-refractivity contribution is 8.14. The first-order chi connectivity index (χ1) is 8.19. The molecular formula is C12H21N3OS. The smallest absolute Gasteiger partial charge is 0.244 e. The summed E-state index contributed by atoms with van der Waals surface area (Å²) in [6.07, 6.45) is 4.12. The normalized spacial score (nSPS) is 30.1. The van der Waals surface area contributed by atoms with Crippen molar-refractivity contribution in [2.24, 2.45) is 4.99 Å². The van der Waals surface area contributed by atoms with Gasteiger partial charge in [0.2, 0.25) is 5.91 Å². The van der Waals surface area contributed by atoms with Gasteiger partial charge in [-0.3, -0.25) is 4.79 Å².